The molecule has 0 unspecified atom stereocenters. The zero-order chi connectivity index (χ0) is 18.6. The molecule has 0 aliphatic rings. The van der Waals surface area contributed by atoms with E-state index in [1.165, 1.54) is 32.0 Å². The number of nitrogens with one attached hydrogen (secondary N) is 3. The maximum atomic E-state index is 13.9. The van der Waals surface area contributed by atoms with Crippen LogP contribution in [0, 0.1) is 12.7 Å². The quantitative estimate of drug-likeness (QED) is 0.796. The summed E-state index contributed by atoms with van der Waals surface area (Å²) in [5, 5.41) is 7.62. The van der Waals surface area contributed by atoms with Crippen LogP contribution in [0.5, 0.6) is 0 Å². The van der Waals surface area contributed by atoms with Crippen molar-refractivity contribution in [3.8, 4) is 0 Å². The second-order valence-corrected chi connectivity index (χ2v) is 5.54. The molecule has 0 bridgehead atoms. The molecule has 2 aromatic carbocycles. The van der Waals surface area contributed by atoms with E-state index >= 15 is 0 Å². The lowest BCUT2D eigenvalue weighted by Gasteiger charge is -2.11. The molecule has 0 aliphatic carbocycles. The lowest BCUT2D eigenvalue weighted by Crippen LogP contribution is -2.15. The molecule has 0 saturated heterocycles. The molecule has 130 valence electrons. The maximum Gasteiger partial charge on any atom is 0.255 e. The molecule has 3 amide bonds. The van der Waals surface area contributed by atoms with E-state index in [1.807, 2.05) is 0 Å². The van der Waals surface area contributed by atoms with Crippen LogP contribution in [0.3, 0.4) is 0 Å². The SMILES string of the molecule is CC(=O)Nc1ccc(F)c(NC(=O)c2ccc(C)c(NC(C)=O)c2)c1. The van der Waals surface area contributed by atoms with Crippen molar-refractivity contribution < 1.29 is 18.8 Å². The molecular formula is C18H18FN3O3. The molecule has 2 rings (SSSR count). The molecule has 0 fully saturated rings. The van der Waals surface area contributed by atoms with Gasteiger partial charge in [0.15, 0.2) is 0 Å². The zero-order valence-corrected chi connectivity index (χ0v) is 14.1. The van der Waals surface area contributed by atoms with Crippen molar-refractivity contribution in [2.24, 2.45) is 0 Å². The fourth-order valence-corrected chi connectivity index (χ4v) is 2.18. The number of hydrogen-bond donors (Lipinski definition) is 3. The van der Waals surface area contributed by atoms with Crippen LogP contribution >= 0.6 is 0 Å². The van der Waals surface area contributed by atoms with Crippen LogP contribution in [-0.2, 0) is 9.59 Å². The molecule has 0 aromatic heterocycles. The predicted octanol–water partition coefficient (Wildman–Crippen LogP) is 3.30. The van der Waals surface area contributed by atoms with Crippen LogP contribution in [0.15, 0.2) is 36.4 Å². The van der Waals surface area contributed by atoms with Gasteiger partial charge in [0, 0.05) is 30.8 Å². The van der Waals surface area contributed by atoms with Crippen LogP contribution < -0.4 is 16.0 Å². The molecule has 0 saturated carbocycles. The van der Waals surface area contributed by atoms with Crippen molar-refractivity contribution in [2.75, 3.05) is 16.0 Å². The van der Waals surface area contributed by atoms with Gasteiger partial charge in [0.2, 0.25) is 11.8 Å². The van der Waals surface area contributed by atoms with Crippen LogP contribution in [0.2, 0.25) is 0 Å². The van der Waals surface area contributed by atoms with Crippen LogP contribution in [0.1, 0.15) is 29.8 Å². The first-order valence-corrected chi connectivity index (χ1v) is 7.53. The fourth-order valence-electron chi connectivity index (χ4n) is 2.18. The summed E-state index contributed by atoms with van der Waals surface area (Å²) < 4.78 is 13.9. The van der Waals surface area contributed by atoms with Gasteiger partial charge in [0.05, 0.1) is 5.69 Å². The number of rotatable bonds is 4. The van der Waals surface area contributed by atoms with E-state index in [0.717, 1.165) is 11.6 Å². The summed E-state index contributed by atoms with van der Waals surface area (Å²) in [4.78, 5) is 34.7. The number of benzene rings is 2. The number of halogens is 1. The zero-order valence-electron chi connectivity index (χ0n) is 14.1. The minimum Gasteiger partial charge on any atom is -0.326 e. The molecule has 0 spiro atoms. The maximum absolute atomic E-state index is 13.9. The number of aryl methyl sites for hydroxylation is 1. The lowest BCUT2D eigenvalue weighted by atomic mass is 10.1. The Balaban J connectivity index is 2.25. The molecule has 6 nitrogen and oxygen atoms in total. The van der Waals surface area contributed by atoms with Gasteiger partial charge in [-0.2, -0.15) is 0 Å². The third-order valence-corrected chi connectivity index (χ3v) is 3.35. The second-order valence-electron chi connectivity index (χ2n) is 5.54. The minimum absolute atomic E-state index is 0.0575. The Morgan fingerprint density at radius 2 is 1.52 bits per heavy atom. The predicted molar refractivity (Wildman–Crippen MR) is 94.1 cm³/mol. The molecule has 2 aromatic rings. The van der Waals surface area contributed by atoms with Crippen molar-refractivity contribution in [3.05, 3.63) is 53.3 Å². The monoisotopic (exact) mass is 343 g/mol. The van der Waals surface area contributed by atoms with E-state index < -0.39 is 11.7 Å². The highest BCUT2D eigenvalue weighted by molar-refractivity contribution is 6.06. The first-order chi connectivity index (χ1) is 11.8. The number of carbonyl (C=O) groups excluding carboxylic acids is 3. The van der Waals surface area contributed by atoms with E-state index in [1.54, 1.807) is 19.1 Å². The van der Waals surface area contributed by atoms with Crippen LogP contribution in [0.25, 0.3) is 0 Å². The summed E-state index contributed by atoms with van der Waals surface area (Å²) in [7, 11) is 0. The summed E-state index contributed by atoms with van der Waals surface area (Å²) in [6.07, 6.45) is 0. The number of carbonyl (C=O) groups is 3. The van der Waals surface area contributed by atoms with Gasteiger partial charge >= 0.3 is 0 Å². The highest BCUT2D eigenvalue weighted by Crippen LogP contribution is 2.22. The number of amides is 3. The van der Waals surface area contributed by atoms with Gasteiger partial charge in [0.1, 0.15) is 5.82 Å². The van der Waals surface area contributed by atoms with E-state index in [2.05, 4.69) is 16.0 Å². The van der Waals surface area contributed by atoms with Gasteiger partial charge in [-0.1, -0.05) is 6.07 Å². The summed E-state index contributed by atoms with van der Waals surface area (Å²) in [6.45, 7) is 4.50. The average molecular weight is 343 g/mol. The molecule has 0 aliphatic heterocycles. The van der Waals surface area contributed by atoms with Gasteiger partial charge in [-0.15, -0.1) is 0 Å². The lowest BCUT2D eigenvalue weighted by molar-refractivity contribution is -0.115. The van der Waals surface area contributed by atoms with Crippen molar-refractivity contribution in [3.63, 3.8) is 0 Å². The van der Waals surface area contributed by atoms with Gasteiger partial charge < -0.3 is 16.0 Å². The van der Waals surface area contributed by atoms with Gasteiger partial charge in [-0.3, -0.25) is 14.4 Å². The molecule has 0 heterocycles. The molecule has 7 heteroatoms. The summed E-state index contributed by atoms with van der Waals surface area (Å²) in [5.41, 5.74) is 1.88. The Hall–Kier alpha value is -3.22. The fraction of sp³-hybridized carbons (Fsp3) is 0.167. The molecule has 3 N–H and O–H groups in total. The number of anilines is 3. The van der Waals surface area contributed by atoms with Crippen molar-refractivity contribution >= 4 is 34.8 Å². The van der Waals surface area contributed by atoms with Gasteiger partial charge in [-0.05, 0) is 42.8 Å². The first kappa shape index (κ1) is 18.1. The second kappa shape index (κ2) is 7.57. The normalized spacial score (nSPS) is 10.1. The summed E-state index contributed by atoms with van der Waals surface area (Å²) in [6, 6.07) is 8.65. The van der Waals surface area contributed by atoms with Crippen molar-refractivity contribution in [1.82, 2.24) is 0 Å². The van der Waals surface area contributed by atoms with E-state index in [0.29, 0.717) is 11.4 Å². The standard InChI is InChI=1S/C18H18FN3O3/c1-10-4-5-13(8-16(10)21-12(3)24)18(25)22-17-9-14(20-11(2)23)6-7-15(17)19/h4-9H,1-3H3,(H,20,23)(H,21,24)(H,22,25). The Kier molecular flexibility index (Phi) is 5.49. The largest absolute Gasteiger partial charge is 0.326 e. The smallest absolute Gasteiger partial charge is 0.255 e. The molecule has 25 heavy (non-hydrogen) atoms. The van der Waals surface area contributed by atoms with Crippen molar-refractivity contribution in [2.45, 2.75) is 20.8 Å². The van der Waals surface area contributed by atoms with Crippen LogP contribution in [-0.4, -0.2) is 17.7 Å². The highest BCUT2D eigenvalue weighted by Gasteiger charge is 2.12. The Bertz CT molecular complexity index is 849. The summed E-state index contributed by atoms with van der Waals surface area (Å²) in [5.74, 6) is -1.72. The van der Waals surface area contributed by atoms with Gasteiger partial charge in [0.25, 0.3) is 5.91 Å². The summed E-state index contributed by atoms with van der Waals surface area (Å²) >= 11 is 0. The Labute approximate surface area is 144 Å². The van der Waals surface area contributed by atoms with E-state index in [-0.39, 0.29) is 23.1 Å². The Morgan fingerprint density at radius 3 is 2.16 bits per heavy atom. The third-order valence-electron chi connectivity index (χ3n) is 3.35. The molecular weight excluding hydrogens is 325 g/mol. The highest BCUT2D eigenvalue weighted by atomic mass is 19.1. The number of hydrogen-bond acceptors (Lipinski definition) is 3. The van der Waals surface area contributed by atoms with Crippen LogP contribution in [0.4, 0.5) is 21.5 Å². The Morgan fingerprint density at radius 1 is 0.840 bits per heavy atom. The first-order valence-electron chi connectivity index (χ1n) is 7.53. The van der Waals surface area contributed by atoms with Crippen molar-refractivity contribution in [1.29, 1.82) is 0 Å². The van der Waals surface area contributed by atoms with E-state index in [4.69, 9.17) is 0 Å². The minimum atomic E-state index is -0.628. The topological polar surface area (TPSA) is 87.3 Å². The molecule has 0 radical (unpaired) electrons. The molecule has 0 atom stereocenters. The third kappa shape index (κ3) is 4.87. The van der Waals surface area contributed by atoms with E-state index in [9.17, 15) is 18.8 Å². The average Bonchev–Trinajstić information content (AvgIpc) is 2.51. The van der Waals surface area contributed by atoms with Gasteiger partial charge in [-0.25, -0.2) is 4.39 Å².